The lowest BCUT2D eigenvalue weighted by atomic mass is 10.3. The van der Waals surface area contributed by atoms with Gasteiger partial charge in [0.1, 0.15) is 6.04 Å². The Morgan fingerprint density at radius 3 is 2.21 bits per heavy atom. The van der Waals surface area contributed by atoms with Crippen LogP contribution in [0.5, 0.6) is 0 Å². The second-order valence-electron chi connectivity index (χ2n) is 3.73. The summed E-state index contributed by atoms with van der Waals surface area (Å²) in [5.74, 6) is -1.17. The molecule has 0 aliphatic carbocycles. The molecule has 1 atom stereocenters. The fourth-order valence-corrected chi connectivity index (χ4v) is 1.67. The molecule has 0 fully saturated rings. The van der Waals surface area contributed by atoms with Gasteiger partial charge in [0.2, 0.25) is 10.0 Å². The van der Waals surface area contributed by atoms with Crippen LogP contribution in [0.2, 0.25) is 0 Å². The number of urea groups is 1. The van der Waals surface area contributed by atoms with Crippen LogP contribution in [0.1, 0.15) is 6.92 Å². The third-order valence-corrected chi connectivity index (χ3v) is 3.09. The molecule has 1 aromatic carbocycles. The lowest BCUT2D eigenvalue weighted by Crippen LogP contribution is -2.40. The van der Waals surface area contributed by atoms with Gasteiger partial charge in [0.05, 0.1) is 4.90 Å². The van der Waals surface area contributed by atoms with E-state index in [0.717, 1.165) is 0 Å². The zero-order valence-corrected chi connectivity index (χ0v) is 10.8. The summed E-state index contributed by atoms with van der Waals surface area (Å²) in [6.45, 7) is 1.31. The van der Waals surface area contributed by atoms with Crippen LogP contribution in [-0.2, 0) is 14.8 Å². The fraction of sp³-hybridized carbons (Fsp3) is 0.200. The summed E-state index contributed by atoms with van der Waals surface area (Å²) in [5, 5.41) is 18.1. The number of nitrogens with two attached hydrogens (primary N) is 1. The van der Waals surface area contributed by atoms with Crippen LogP contribution in [0.3, 0.4) is 0 Å². The Labute approximate surface area is 109 Å². The van der Waals surface area contributed by atoms with Gasteiger partial charge in [-0.2, -0.15) is 0 Å². The van der Waals surface area contributed by atoms with Crippen molar-refractivity contribution in [3.8, 4) is 0 Å². The molecule has 0 saturated heterocycles. The SMILES string of the molecule is C[C@@H](NC(=O)Nc1ccc(S(N)(=O)=O)cc1)C(=O)O. The summed E-state index contributed by atoms with van der Waals surface area (Å²) < 4.78 is 22.0. The third kappa shape index (κ3) is 4.56. The number of carbonyl (C=O) groups excluding carboxylic acids is 1. The summed E-state index contributed by atoms with van der Waals surface area (Å²) in [6, 6.07) is 3.38. The second kappa shape index (κ2) is 5.67. The molecule has 0 aliphatic rings. The van der Waals surface area contributed by atoms with Crippen LogP contribution in [0.25, 0.3) is 0 Å². The van der Waals surface area contributed by atoms with Crippen molar-refractivity contribution in [3.05, 3.63) is 24.3 Å². The van der Waals surface area contributed by atoms with Gasteiger partial charge in [0, 0.05) is 5.69 Å². The fourth-order valence-electron chi connectivity index (χ4n) is 1.15. The molecule has 0 bridgehead atoms. The molecule has 104 valence electrons. The first-order valence-electron chi connectivity index (χ1n) is 5.13. The van der Waals surface area contributed by atoms with Crippen molar-refractivity contribution in [1.29, 1.82) is 0 Å². The predicted octanol–water partition coefficient (Wildman–Crippen LogP) is -0.0714. The minimum atomic E-state index is -3.78. The number of anilines is 1. The van der Waals surface area contributed by atoms with Crippen molar-refractivity contribution in [2.45, 2.75) is 17.9 Å². The number of aliphatic carboxylic acids is 1. The Hall–Kier alpha value is -2.13. The first-order valence-corrected chi connectivity index (χ1v) is 6.68. The van der Waals surface area contributed by atoms with Gasteiger partial charge in [-0.15, -0.1) is 0 Å². The van der Waals surface area contributed by atoms with Gasteiger partial charge in [-0.1, -0.05) is 0 Å². The molecule has 8 nitrogen and oxygen atoms in total. The zero-order chi connectivity index (χ0) is 14.6. The van der Waals surface area contributed by atoms with Gasteiger partial charge in [-0.05, 0) is 31.2 Å². The number of benzene rings is 1. The van der Waals surface area contributed by atoms with E-state index in [4.69, 9.17) is 10.2 Å². The average molecular weight is 287 g/mol. The highest BCUT2D eigenvalue weighted by Crippen LogP contribution is 2.12. The van der Waals surface area contributed by atoms with Crippen molar-refractivity contribution < 1.29 is 23.1 Å². The number of sulfonamides is 1. The minimum absolute atomic E-state index is 0.0858. The molecule has 1 rings (SSSR count). The van der Waals surface area contributed by atoms with E-state index in [2.05, 4.69) is 10.6 Å². The van der Waals surface area contributed by atoms with Crippen molar-refractivity contribution in [1.82, 2.24) is 5.32 Å². The first-order chi connectivity index (χ1) is 8.70. The monoisotopic (exact) mass is 287 g/mol. The summed E-state index contributed by atoms with van der Waals surface area (Å²) in [6.07, 6.45) is 0. The van der Waals surface area contributed by atoms with Crippen LogP contribution in [-0.4, -0.2) is 31.6 Å². The molecule has 0 spiro atoms. The third-order valence-electron chi connectivity index (χ3n) is 2.16. The molecule has 0 unspecified atom stereocenters. The van der Waals surface area contributed by atoms with E-state index in [9.17, 15) is 18.0 Å². The molecular formula is C10H13N3O5S. The Morgan fingerprint density at radius 1 is 1.26 bits per heavy atom. The van der Waals surface area contributed by atoms with Gasteiger partial charge in [-0.25, -0.2) is 18.4 Å². The summed E-state index contributed by atoms with van der Waals surface area (Å²) in [4.78, 5) is 21.8. The molecule has 0 saturated carbocycles. The molecule has 9 heteroatoms. The molecular weight excluding hydrogens is 274 g/mol. The van der Waals surface area contributed by atoms with E-state index in [1.807, 2.05) is 0 Å². The molecule has 19 heavy (non-hydrogen) atoms. The number of rotatable bonds is 4. The zero-order valence-electron chi connectivity index (χ0n) is 9.95. The number of carboxylic acid groups (broad SMARTS) is 1. The van der Waals surface area contributed by atoms with Crippen molar-refractivity contribution in [2.75, 3.05) is 5.32 Å². The maximum Gasteiger partial charge on any atom is 0.325 e. The maximum atomic E-state index is 11.4. The summed E-state index contributed by atoms with van der Waals surface area (Å²) >= 11 is 0. The summed E-state index contributed by atoms with van der Waals surface area (Å²) in [5.41, 5.74) is 0.308. The largest absolute Gasteiger partial charge is 0.480 e. The Kier molecular flexibility index (Phi) is 4.46. The van der Waals surface area contributed by atoms with Crippen LogP contribution in [0, 0.1) is 0 Å². The number of nitrogens with one attached hydrogen (secondary N) is 2. The molecule has 2 amide bonds. The van der Waals surface area contributed by atoms with Crippen molar-refractivity contribution in [2.24, 2.45) is 5.14 Å². The molecule has 0 heterocycles. The van der Waals surface area contributed by atoms with E-state index in [-0.39, 0.29) is 4.90 Å². The summed E-state index contributed by atoms with van der Waals surface area (Å²) in [7, 11) is -3.78. The highest BCUT2D eigenvalue weighted by Gasteiger charge is 2.14. The van der Waals surface area contributed by atoms with Crippen molar-refractivity contribution in [3.63, 3.8) is 0 Å². The predicted molar refractivity (Wildman–Crippen MR) is 67.1 cm³/mol. The highest BCUT2D eigenvalue weighted by atomic mass is 32.2. The van der Waals surface area contributed by atoms with E-state index in [1.54, 1.807) is 0 Å². The molecule has 0 aromatic heterocycles. The number of amides is 2. The number of carboxylic acids is 1. The average Bonchev–Trinajstić information content (AvgIpc) is 2.28. The molecule has 0 aliphatic heterocycles. The standard InChI is InChI=1S/C10H13N3O5S/c1-6(9(14)15)12-10(16)13-7-2-4-8(5-3-7)19(11,17)18/h2-6H,1H3,(H,14,15)(H2,11,17,18)(H2,12,13,16)/t6-/m1/s1. The Balaban J connectivity index is 2.69. The van der Waals surface area contributed by atoms with Crippen LogP contribution in [0.15, 0.2) is 29.2 Å². The van der Waals surface area contributed by atoms with Gasteiger partial charge < -0.3 is 15.7 Å². The smallest absolute Gasteiger partial charge is 0.325 e. The minimum Gasteiger partial charge on any atom is -0.480 e. The van der Waals surface area contributed by atoms with E-state index in [0.29, 0.717) is 5.69 Å². The van der Waals surface area contributed by atoms with Crippen LogP contribution < -0.4 is 15.8 Å². The number of hydrogen-bond donors (Lipinski definition) is 4. The van der Waals surface area contributed by atoms with Gasteiger partial charge >= 0.3 is 12.0 Å². The quantitative estimate of drug-likeness (QED) is 0.614. The van der Waals surface area contributed by atoms with E-state index < -0.39 is 28.1 Å². The van der Waals surface area contributed by atoms with Crippen molar-refractivity contribution >= 4 is 27.7 Å². The molecule has 5 N–H and O–H groups in total. The lowest BCUT2D eigenvalue weighted by molar-refractivity contribution is -0.138. The topological polar surface area (TPSA) is 139 Å². The molecule has 1 aromatic rings. The van der Waals surface area contributed by atoms with Gasteiger partial charge in [0.15, 0.2) is 0 Å². The van der Waals surface area contributed by atoms with Gasteiger partial charge in [0.25, 0.3) is 0 Å². The van der Waals surface area contributed by atoms with E-state index in [1.165, 1.54) is 31.2 Å². The second-order valence-corrected chi connectivity index (χ2v) is 5.29. The number of carbonyl (C=O) groups is 2. The normalized spacial score (nSPS) is 12.5. The Bertz CT molecular complexity index is 582. The Morgan fingerprint density at radius 2 is 1.79 bits per heavy atom. The number of hydrogen-bond acceptors (Lipinski definition) is 4. The maximum absolute atomic E-state index is 11.4. The van der Waals surface area contributed by atoms with Crippen LogP contribution in [0.4, 0.5) is 10.5 Å². The van der Waals surface area contributed by atoms with Crippen LogP contribution >= 0.6 is 0 Å². The number of primary sulfonamides is 1. The first kappa shape index (κ1) is 14.9. The highest BCUT2D eigenvalue weighted by molar-refractivity contribution is 7.89. The van der Waals surface area contributed by atoms with Gasteiger partial charge in [-0.3, -0.25) is 4.79 Å². The molecule has 0 radical (unpaired) electrons. The van der Waals surface area contributed by atoms with E-state index >= 15 is 0 Å². The lowest BCUT2D eigenvalue weighted by Gasteiger charge is -2.10.